The summed E-state index contributed by atoms with van der Waals surface area (Å²) >= 11 is 6.16. The number of alkyl halides is 1. The first kappa shape index (κ1) is 16.6. The molecule has 1 aromatic rings. The van der Waals surface area contributed by atoms with Gasteiger partial charge in [-0.25, -0.2) is 9.59 Å². The summed E-state index contributed by atoms with van der Waals surface area (Å²) in [6.07, 6.45) is 3.17. The highest BCUT2D eigenvalue weighted by atomic mass is 35.5. The minimum atomic E-state index is -1.07. The molecule has 0 aliphatic heterocycles. The molecule has 1 aliphatic carbocycles. The number of nitrogens with one attached hydrogen (secondary N) is 1. The van der Waals surface area contributed by atoms with Crippen LogP contribution in [0.5, 0.6) is 0 Å². The van der Waals surface area contributed by atoms with Gasteiger partial charge in [0, 0.05) is 0 Å². The van der Waals surface area contributed by atoms with E-state index in [-0.39, 0.29) is 22.7 Å². The number of hydrogen-bond acceptors (Lipinski definition) is 3. The Balaban J connectivity index is 2.09. The second-order valence-corrected chi connectivity index (χ2v) is 5.93. The van der Waals surface area contributed by atoms with E-state index in [0.29, 0.717) is 12.0 Å². The number of hydrogen-bond donors (Lipinski definition) is 2. The van der Waals surface area contributed by atoms with Crippen molar-refractivity contribution < 1.29 is 19.4 Å². The number of ether oxygens (including phenoxy) is 1. The Morgan fingerprint density at radius 3 is 2.73 bits per heavy atom. The number of anilines is 1. The Bertz CT molecular complexity index is 561. The van der Waals surface area contributed by atoms with Crippen LogP contribution in [-0.4, -0.2) is 28.7 Å². The molecule has 1 fully saturated rings. The fraction of sp³-hybridized carbons (Fsp3) is 0.500. The Hall–Kier alpha value is -1.75. The lowest BCUT2D eigenvalue weighted by Gasteiger charge is -2.26. The van der Waals surface area contributed by atoms with Gasteiger partial charge in [0.05, 0.1) is 16.6 Å². The standard InChI is InChI=1S/C16H20ClNO4/c1-2-10-6-5-8-12(14(10)15(19)20)18-16(21)22-13-9-4-3-7-11(13)17/h5-6,8,11,13H,2-4,7,9H2,1H3,(H,18,21)(H,19,20). The van der Waals surface area contributed by atoms with Crippen LogP contribution in [0.1, 0.15) is 48.5 Å². The van der Waals surface area contributed by atoms with Crippen molar-refractivity contribution in [1.29, 1.82) is 0 Å². The van der Waals surface area contributed by atoms with E-state index in [1.54, 1.807) is 18.2 Å². The summed E-state index contributed by atoms with van der Waals surface area (Å²) in [5.74, 6) is -1.07. The molecule has 0 radical (unpaired) electrons. The number of aryl methyl sites for hydroxylation is 1. The molecule has 1 aliphatic rings. The maximum Gasteiger partial charge on any atom is 0.411 e. The lowest BCUT2D eigenvalue weighted by Crippen LogP contribution is -2.32. The second-order valence-electron chi connectivity index (χ2n) is 5.37. The zero-order valence-electron chi connectivity index (χ0n) is 12.5. The maximum absolute atomic E-state index is 12.0. The van der Waals surface area contributed by atoms with Gasteiger partial charge in [-0.2, -0.15) is 0 Å². The molecule has 120 valence electrons. The highest BCUT2D eigenvalue weighted by molar-refractivity contribution is 6.21. The summed E-state index contributed by atoms with van der Waals surface area (Å²) < 4.78 is 5.34. The summed E-state index contributed by atoms with van der Waals surface area (Å²) in [7, 11) is 0. The number of carboxylic acids is 1. The van der Waals surface area contributed by atoms with Crippen LogP contribution in [0.3, 0.4) is 0 Å². The summed E-state index contributed by atoms with van der Waals surface area (Å²) in [6, 6.07) is 5.00. The van der Waals surface area contributed by atoms with E-state index in [1.165, 1.54) is 0 Å². The zero-order chi connectivity index (χ0) is 16.1. The van der Waals surface area contributed by atoms with Crippen molar-refractivity contribution in [2.24, 2.45) is 0 Å². The highest BCUT2D eigenvalue weighted by Crippen LogP contribution is 2.26. The van der Waals surface area contributed by atoms with Crippen molar-refractivity contribution in [1.82, 2.24) is 0 Å². The minimum Gasteiger partial charge on any atom is -0.478 e. The SMILES string of the molecule is CCc1cccc(NC(=O)OC2CCCCC2Cl)c1C(=O)O. The molecule has 5 nitrogen and oxygen atoms in total. The van der Waals surface area contributed by atoms with Crippen molar-refractivity contribution >= 4 is 29.4 Å². The Labute approximate surface area is 134 Å². The van der Waals surface area contributed by atoms with E-state index in [9.17, 15) is 14.7 Å². The van der Waals surface area contributed by atoms with Crippen molar-refractivity contribution in [3.05, 3.63) is 29.3 Å². The van der Waals surface area contributed by atoms with Gasteiger partial charge in [0.25, 0.3) is 0 Å². The van der Waals surface area contributed by atoms with Gasteiger partial charge in [-0.3, -0.25) is 5.32 Å². The molecule has 0 bridgehead atoms. The average molecular weight is 326 g/mol. The average Bonchev–Trinajstić information content (AvgIpc) is 2.49. The third kappa shape index (κ3) is 3.91. The van der Waals surface area contributed by atoms with Gasteiger partial charge in [0.15, 0.2) is 0 Å². The number of carbonyl (C=O) groups excluding carboxylic acids is 1. The second kappa shape index (κ2) is 7.49. The molecule has 0 aromatic heterocycles. The summed E-state index contributed by atoms with van der Waals surface area (Å²) in [6.45, 7) is 1.87. The molecule has 1 amide bonds. The number of carboxylic acid groups (broad SMARTS) is 1. The molecular weight excluding hydrogens is 306 g/mol. The first-order valence-corrected chi connectivity index (χ1v) is 7.93. The van der Waals surface area contributed by atoms with Gasteiger partial charge in [-0.15, -0.1) is 11.6 Å². The lowest BCUT2D eigenvalue weighted by atomic mass is 9.97. The maximum atomic E-state index is 12.0. The molecule has 0 heterocycles. The van der Waals surface area contributed by atoms with Crippen molar-refractivity contribution in [2.75, 3.05) is 5.32 Å². The summed E-state index contributed by atoms with van der Waals surface area (Å²) in [4.78, 5) is 23.4. The normalized spacial score (nSPS) is 21.2. The molecule has 2 unspecified atom stereocenters. The Morgan fingerprint density at radius 2 is 2.09 bits per heavy atom. The van der Waals surface area contributed by atoms with Gasteiger partial charge >= 0.3 is 12.1 Å². The van der Waals surface area contributed by atoms with E-state index in [0.717, 1.165) is 25.7 Å². The summed E-state index contributed by atoms with van der Waals surface area (Å²) in [5.41, 5.74) is 1.02. The molecule has 22 heavy (non-hydrogen) atoms. The molecule has 1 aromatic carbocycles. The van der Waals surface area contributed by atoms with Crippen LogP contribution in [0.4, 0.5) is 10.5 Å². The third-order valence-corrected chi connectivity index (χ3v) is 4.36. The number of rotatable bonds is 4. The van der Waals surface area contributed by atoms with Crippen molar-refractivity contribution in [3.8, 4) is 0 Å². The van der Waals surface area contributed by atoms with Gasteiger partial charge < -0.3 is 9.84 Å². The Morgan fingerprint density at radius 1 is 1.36 bits per heavy atom. The van der Waals surface area contributed by atoms with E-state index in [2.05, 4.69) is 5.32 Å². The molecule has 0 saturated heterocycles. The quantitative estimate of drug-likeness (QED) is 0.819. The predicted octanol–water partition coefficient (Wildman–Crippen LogP) is 4.05. The zero-order valence-corrected chi connectivity index (χ0v) is 13.2. The fourth-order valence-corrected chi connectivity index (χ4v) is 3.04. The monoisotopic (exact) mass is 325 g/mol. The van der Waals surface area contributed by atoms with E-state index in [1.807, 2.05) is 6.92 Å². The largest absolute Gasteiger partial charge is 0.478 e. The van der Waals surface area contributed by atoms with Gasteiger partial charge in [-0.05, 0) is 37.3 Å². The number of amides is 1. The molecular formula is C16H20ClNO4. The fourth-order valence-electron chi connectivity index (χ4n) is 2.71. The molecule has 2 N–H and O–H groups in total. The third-order valence-electron chi connectivity index (χ3n) is 3.86. The molecule has 6 heteroatoms. The molecule has 0 spiro atoms. The van der Waals surface area contributed by atoms with E-state index >= 15 is 0 Å². The minimum absolute atomic E-state index is 0.105. The van der Waals surface area contributed by atoms with Crippen LogP contribution >= 0.6 is 11.6 Å². The number of benzene rings is 1. The van der Waals surface area contributed by atoms with Gasteiger partial charge in [-0.1, -0.05) is 25.5 Å². The van der Waals surface area contributed by atoms with E-state index in [4.69, 9.17) is 16.3 Å². The van der Waals surface area contributed by atoms with Crippen LogP contribution in [-0.2, 0) is 11.2 Å². The first-order valence-electron chi connectivity index (χ1n) is 7.49. The van der Waals surface area contributed by atoms with E-state index < -0.39 is 12.1 Å². The number of halogens is 1. The molecule has 2 atom stereocenters. The molecule has 1 saturated carbocycles. The topological polar surface area (TPSA) is 75.6 Å². The number of aromatic carboxylic acids is 1. The molecule has 2 rings (SSSR count). The van der Waals surface area contributed by atoms with Gasteiger partial charge in [0.1, 0.15) is 6.10 Å². The van der Waals surface area contributed by atoms with Crippen molar-refractivity contribution in [2.45, 2.75) is 50.5 Å². The van der Waals surface area contributed by atoms with Crippen LogP contribution in [0, 0.1) is 0 Å². The summed E-state index contributed by atoms with van der Waals surface area (Å²) in [5, 5.41) is 11.7. The van der Waals surface area contributed by atoms with Crippen LogP contribution in [0.2, 0.25) is 0 Å². The van der Waals surface area contributed by atoms with Gasteiger partial charge in [0.2, 0.25) is 0 Å². The van der Waals surface area contributed by atoms with Crippen LogP contribution in [0.25, 0.3) is 0 Å². The van der Waals surface area contributed by atoms with Crippen molar-refractivity contribution in [3.63, 3.8) is 0 Å². The Kier molecular flexibility index (Phi) is 5.66. The van der Waals surface area contributed by atoms with Crippen LogP contribution in [0.15, 0.2) is 18.2 Å². The lowest BCUT2D eigenvalue weighted by molar-refractivity contribution is 0.0697. The highest BCUT2D eigenvalue weighted by Gasteiger charge is 2.27. The first-order chi connectivity index (χ1) is 10.5. The van der Waals surface area contributed by atoms with Crippen LogP contribution < -0.4 is 5.32 Å². The smallest absolute Gasteiger partial charge is 0.411 e. The predicted molar refractivity (Wildman–Crippen MR) is 84.8 cm³/mol. The number of carbonyl (C=O) groups is 2.